The molecule has 2 heterocycles. The van der Waals surface area contributed by atoms with Gasteiger partial charge in [-0.1, -0.05) is 12.1 Å². The average Bonchev–Trinajstić information content (AvgIpc) is 2.84. The van der Waals surface area contributed by atoms with Crippen LogP contribution < -0.4 is 28.5 Å². The molecule has 0 saturated heterocycles. The van der Waals surface area contributed by atoms with Crippen LogP contribution in [0.3, 0.4) is 0 Å². The van der Waals surface area contributed by atoms with Gasteiger partial charge in [0.05, 0.1) is 14.1 Å². The number of hydrogen-bond acceptors (Lipinski definition) is 1. The van der Waals surface area contributed by atoms with Crippen molar-refractivity contribution in [1.82, 2.24) is 4.57 Å². The first kappa shape index (κ1) is 14.0. The lowest BCUT2D eigenvalue weighted by atomic mass is 10.3. The molecule has 1 aromatic carbocycles. The van der Waals surface area contributed by atoms with Gasteiger partial charge in [-0.3, -0.25) is 0 Å². The smallest absolute Gasteiger partial charge is 0.299 e. The summed E-state index contributed by atoms with van der Waals surface area (Å²) >= 11 is 5.27. The van der Waals surface area contributed by atoms with Crippen LogP contribution in [-0.2, 0) is 14.1 Å². The van der Waals surface area contributed by atoms with Crippen LogP contribution in [-0.4, -0.2) is 4.57 Å². The van der Waals surface area contributed by atoms with E-state index in [1.807, 2.05) is 0 Å². The van der Waals surface area contributed by atoms with Crippen LogP contribution in [0.1, 0.15) is 0 Å². The Bertz CT molecular complexity index is 663. The van der Waals surface area contributed by atoms with E-state index in [-0.39, 0.29) is 24.0 Å². The summed E-state index contributed by atoms with van der Waals surface area (Å²) in [5.41, 5.74) is 2.52. The van der Waals surface area contributed by atoms with Gasteiger partial charge in [0.1, 0.15) is 4.88 Å². The highest BCUT2D eigenvalue weighted by Gasteiger charge is 2.22. The zero-order chi connectivity index (χ0) is 12.0. The molecule has 0 atom stereocenters. The Labute approximate surface area is 135 Å². The number of halogens is 2. The Kier molecular flexibility index (Phi) is 4.13. The van der Waals surface area contributed by atoms with Crippen LogP contribution in [0.5, 0.6) is 0 Å². The zero-order valence-corrected chi connectivity index (χ0v) is 14.6. The number of aromatic nitrogens is 2. The third-order valence-corrected chi connectivity index (χ3v) is 4.71. The Hall–Kier alpha value is -0.400. The maximum atomic E-state index is 3.51. The van der Waals surface area contributed by atoms with Crippen LogP contribution >= 0.6 is 27.3 Å². The molecule has 18 heavy (non-hydrogen) atoms. The molecule has 94 valence electrons. The molecule has 0 N–H and O–H groups in total. The summed E-state index contributed by atoms with van der Waals surface area (Å²) in [6.45, 7) is 0. The molecule has 0 radical (unpaired) electrons. The molecule has 0 saturated carbocycles. The first-order valence-corrected chi connectivity index (χ1v) is 7.03. The molecule has 3 rings (SSSR count). The van der Waals surface area contributed by atoms with Gasteiger partial charge in [-0.2, -0.15) is 0 Å². The van der Waals surface area contributed by atoms with Crippen molar-refractivity contribution in [3.05, 3.63) is 40.2 Å². The van der Waals surface area contributed by atoms with Gasteiger partial charge in [-0.05, 0) is 34.1 Å². The van der Waals surface area contributed by atoms with E-state index in [0.717, 1.165) is 4.47 Å². The third-order valence-electron chi connectivity index (χ3n) is 3.03. The van der Waals surface area contributed by atoms with E-state index in [2.05, 4.69) is 74.9 Å². The average molecular weight is 435 g/mol. The third kappa shape index (κ3) is 2.12. The van der Waals surface area contributed by atoms with Crippen molar-refractivity contribution < 1.29 is 28.5 Å². The van der Waals surface area contributed by atoms with Gasteiger partial charge in [-0.15, -0.1) is 11.3 Å². The van der Waals surface area contributed by atoms with E-state index >= 15 is 0 Å². The number of rotatable bonds is 1. The molecule has 0 amide bonds. The molecule has 3 aromatic rings. The molecule has 0 spiro atoms. The maximum absolute atomic E-state index is 3.51. The molecule has 5 heteroatoms. The summed E-state index contributed by atoms with van der Waals surface area (Å²) in [5.74, 6) is 1.24. The van der Waals surface area contributed by atoms with Crippen molar-refractivity contribution in [1.29, 1.82) is 0 Å². The summed E-state index contributed by atoms with van der Waals surface area (Å²) in [6, 6.07) is 10.6. The molecule has 0 bridgehead atoms. The summed E-state index contributed by atoms with van der Waals surface area (Å²) in [5, 5.41) is 2.12. The molecule has 2 nitrogen and oxygen atoms in total. The number of thiophene rings is 1. The second-order valence-electron chi connectivity index (χ2n) is 4.06. The van der Waals surface area contributed by atoms with Gasteiger partial charge in [0.25, 0.3) is 5.82 Å². The molecule has 0 fully saturated rings. The van der Waals surface area contributed by atoms with Gasteiger partial charge >= 0.3 is 0 Å². The van der Waals surface area contributed by atoms with E-state index < -0.39 is 0 Å². The minimum Gasteiger partial charge on any atom is -1.00 e. The second-order valence-corrected chi connectivity index (χ2v) is 5.89. The van der Waals surface area contributed by atoms with Crippen molar-refractivity contribution in [2.24, 2.45) is 14.1 Å². The minimum atomic E-state index is 0. The lowest BCUT2D eigenvalue weighted by Crippen LogP contribution is -3.00. The predicted molar refractivity (Wildman–Crippen MR) is 75.1 cm³/mol. The van der Waals surface area contributed by atoms with E-state index in [0.29, 0.717) is 0 Å². The highest BCUT2D eigenvalue weighted by atomic mass is 127. The predicted octanol–water partition coefficient (Wildman–Crippen LogP) is 0.498. The number of aryl methyl sites for hydroxylation is 2. The standard InChI is InChI=1S/C13H12BrN2S.HI/c1-15-10-5-3-4-6-11(10)16(2)13(15)12-7-9(14)8-17-12;/h3-8H,1-2H3;1H/q+1;/p-1. The Morgan fingerprint density at radius 1 is 1.28 bits per heavy atom. The topological polar surface area (TPSA) is 8.81 Å². The Morgan fingerprint density at radius 3 is 2.61 bits per heavy atom. The zero-order valence-electron chi connectivity index (χ0n) is 10.0. The Balaban J connectivity index is 0.00000120. The minimum absolute atomic E-state index is 0. The van der Waals surface area contributed by atoms with Crippen LogP contribution in [0.2, 0.25) is 0 Å². The summed E-state index contributed by atoms with van der Waals surface area (Å²) in [4.78, 5) is 1.28. The van der Waals surface area contributed by atoms with E-state index in [4.69, 9.17) is 0 Å². The number of nitrogens with zero attached hydrogens (tertiary/aromatic N) is 2. The number of benzene rings is 1. The van der Waals surface area contributed by atoms with E-state index in [9.17, 15) is 0 Å². The highest BCUT2D eigenvalue weighted by molar-refractivity contribution is 9.10. The fourth-order valence-electron chi connectivity index (χ4n) is 2.25. The summed E-state index contributed by atoms with van der Waals surface area (Å²) in [7, 11) is 4.23. The van der Waals surface area contributed by atoms with Crippen molar-refractivity contribution in [2.45, 2.75) is 0 Å². The Morgan fingerprint density at radius 2 is 2.00 bits per heavy atom. The molecule has 0 aliphatic rings. The first-order valence-electron chi connectivity index (χ1n) is 5.36. The van der Waals surface area contributed by atoms with Crippen molar-refractivity contribution in [3.63, 3.8) is 0 Å². The van der Waals surface area contributed by atoms with Crippen LogP contribution in [0.4, 0.5) is 0 Å². The summed E-state index contributed by atoms with van der Waals surface area (Å²) < 4.78 is 5.63. The van der Waals surface area contributed by atoms with E-state index in [1.54, 1.807) is 11.3 Å². The second kappa shape index (κ2) is 5.30. The molecule has 2 aromatic heterocycles. The lowest BCUT2D eigenvalue weighted by Gasteiger charge is -1.93. The quantitative estimate of drug-likeness (QED) is 0.389. The first-order chi connectivity index (χ1) is 8.18. The molecule has 0 aliphatic carbocycles. The number of hydrogen-bond donors (Lipinski definition) is 0. The number of para-hydroxylation sites is 2. The van der Waals surface area contributed by atoms with Crippen LogP contribution in [0.25, 0.3) is 21.7 Å². The lowest BCUT2D eigenvalue weighted by molar-refractivity contribution is -0.633. The maximum Gasteiger partial charge on any atom is 0.299 e. The fraction of sp³-hybridized carbons (Fsp3) is 0.154. The van der Waals surface area contributed by atoms with Crippen molar-refractivity contribution in [2.75, 3.05) is 0 Å². The van der Waals surface area contributed by atoms with Gasteiger partial charge in [0.15, 0.2) is 11.0 Å². The normalized spacial score (nSPS) is 10.6. The van der Waals surface area contributed by atoms with E-state index in [1.165, 1.54) is 21.7 Å². The molecule has 0 aliphatic heterocycles. The number of fused-ring (bicyclic) bond motifs is 1. The van der Waals surface area contributed by atoms with Gasteiger partial charge < -0.3 is 24.0 Å². The fourth-order valence-corrected chi connectivity index (χ4v) is 3.79. The van der Waals surface area contributed by atoms with Crippen LogP contribution in [0.15, 0.2) is 40.2 Å². The highest BCUT2D eigenvalue weighted by Crippen LogP contribution is 2.29. The van der Waals surface area contributed by atoms with Crippen LogP contribution in [0, 0.1) is 0 Å². The molecular formula is C13H12BrIN2S. The number of imidazole rings is 1. The SMILES string of the molecule is Cn1c(-c2cc(Br)cs2)[n+](C)c2ccccc21.[I-]. The van der Waals surface area contributed by atoms with Gasteiger partial charge in [-0.25, -0.2) is 9.13 Å². The molecule has 0 unspecified atom stereocenters. The van der Waals surface area contributed by atoms with Gasteiger partial charge in [0.2, 0.25) is 0 Å². The summed E-state index contributed by atoms with van der Waals surface area (Å²) in [6.07, 6.45) is 0. The van der Waals surface area contributed by atoms with Gasteiger partial charge in [0, 0.05) is 9.85 Å². The molecular weight excluding hydrogens is 423 g/mol. The monoisotopic (exact) mass is 434 g/mol. The van der Waals surface area contributed by atoms with Crippen molar-refractivity contribution in [3.8, 4) is 10.7 Å². The van der Waals surface area contributed by atoms with Crippen molar-refractivity contribution >= 4 is 38.3 Å². The largest absolute Gasteiger partial charge is 1.00 e.